The smallest absolute Gasteiger partial charge is 0.387 e. The first-order valence-corrected chi connectivity index (χ1v) is 33.0. The zero-order chi connectivity index (χ0) is 53.5. The molecular weight excluding hydrogens is 924 g/mol. The van der Waals surface area contributed by atoms with Crippen LogP contribution in [0.5, 0.6) is 0 Å². The standard InChI is InChI=1S/C64H123N2O6P/c1-6-8-10-12-14-16-18-20-22-24-26-28-29-30-31-32-33-34-35-36-37-38-40-42-44-46-48-50-52-54-56-58-64(68)65-62(61-72-73(69,70)71-60-59-66(3,4)5)63(67)57-55-53-51-49-47-45-43-41-39-27-25-23-21-19-17-15-13-11-9-7-2/h26,28,30-31,47,49,55,57,62-63,67H,6-25,27,29,32-46,48,50-54,56,58-61H2,1-5H3,(H-,65,68,69,70)/p+1/b28-26-,31-30-,49-47+,57-55+. The number of hydrogen-bond donors (Lipinski definition) is 3. The molecular formula is C64H124N2O6P+. The predicted octanol–water partition coefficient (Wildman–Crippen LogP) is 19.5. The van der Waals surface area contributed by atoms with Gasteiger partial charge in [-0.25, -0.2) is 4.57 Å². The number of rotatable bonds is 58. The zero-order valence-corrected chi connectivity index (χ0v) is 50.0. The van der Waals surface area contributed by atoms with Crippen LogP contribution in [0.1, 0.15) is 303 Å². The third kappa shape index (κ3) is 58.0. The largest absolute Gasteiger partial charge is 0.472 e. The van der Waals surface area contributed by atoms with Crippen molar-refractivity contribution in [2.24, 2.45) is 0 Å². The molecule has 0 bridgehead atoms. The number of carbonyl (C=O) groups is 1. The Balaban J connectivity index is 4.13. The number of hydrogen-bond acceptors (Lipinski definition) is 5. The van der Waals surface area contributed by atoms with Gasteiger partial charge in [0.2, 0.25) is 5.91 Å². The Bertz CT molecular complexity index is 1330. The summed E-state index contributed by atoms with van der Waals surface area (Å²) >= 11 is 0. The maximum absolute atomic E-state index is 13.0. The molecule has 0 saturated heterocycles. The molecule has 0 fully saturated rings. The highest BCUT2D eigenvalue weighted by atomic mass is 31.2. The minimum absolute atomic E-state index is 0.0563. The molecule has 8 nitrogen and oxygen atoms in total. The molecule has 0 aliphatic carbocycles. The number of likely N-dealkylation sites (N-methyl/N-ethyl adjacent to an activating group) is 1. The van der Waals surface area contributed by atoms with Gasteiger partial charge in [0, 0.05) is 6.42 Å². The summed E-state index contributed by atoms with van der Waals surface area (Å²) in [5.74, 6) is -0.184. The summed E-state index contributed by atoms with van der Waals surface area (Å²) < 4.78 is 23.7. The van der Waals surface area contributed by atoms with Gasteiger partial charge in [0.1, 0.15) is 13.2 Å². The van der Waals surface area contributed by atoms with Crippen molar-refractivity contribution in [3.63, 3.8) is 0 Å². The lowest BCUT2D eigenvalue weighted by Crippen LogP contribution is -2.45. The van der Waals surface area contributed by atoms with Gasteiger partial charge in [0.15, 0.2) is 0 Å². The van der Waals surface area contributed by atoms with Crippen LogP contribution in [0.15, 0.2) is 48.6 Å². The molecule has 1 amide bonds. The first kappa shape index (κ1) is 71.5. The van der Waals surface area contributed by atoms with E-state index in [9.17, 15) is 19.4 Å². The van der Waals surface area contributed by atoms with Gasteiger partial charge in [-0.1, -0.05) is 281 Å². The average Bonchev–Trinajstić information content (AvgIpc) is 3.35. The van der Waals surface area contributed by atoms with Crippen LogP contribution in [0, 0.1) is 0 Å². The Labute approximate surface area is 454 Å². The van der Waals surface area contributed by atoms with Gasteiger partial charge in [-0.05, 0) is 64.2 Å². The van der Waals surface area contributed by atoms with Crippen LogP contribution in [0.2, 0.25) is 0 Å². The Hall–Kier alpha value is -1.54. The van der Waals surface area contributed by atoms with E-state index in [0.717, 1.165) is 44.9 Å². The second-order valence-electron chi connectivity index (χ2n) is 22.8. The second-order valence-corrected chi connectivity index (χ2v) is 24.2. The highest BCUT2D eigenvalue weighted by Gasteiger charge is 2.27. The number of phosphoric ester groups is 1. The quantitative estimate of drug-likeness (QED) is 0.0243. The molecule has 0 aromatic rings. The van der Waals surface area contributed by atoms with Crippen LogP contribution in [0.4, 0.5) is 0 Å². The molecule has 9 heteroatoms. The van der Waals surface area contributed by atoms with Gasteiger partial charge in [-0.2, -0.15) is 0 Å². The zero-order valence-electron chi connectivity index (χ0n) is 49.1. The van der Waals surface area contributed by atoms with Crippen LogP contribution in [-0.2, 0) is 18.4 Å². The summed E-state index contributed by atoms with van der Waals surface area (Å²) in [5, 5.41) is 13.9. The lowest BCUT2D eigenvalue weighted by Gasteiger charge is -2.25. The van der Waals surface area contributed by atoms with Crippen molar-refractivity contribution in [3.8, 4) is 0 Å². The topological polar surface area (TPSA) is 105 Å². The lowest BCUT2D eigenvalue weighted by molar-refractivity contribution is -0.870. The number of aliphatic hydroxyl groups is 1. The van der Waals surface area contributed by atoms with E-state index >= 15 is 0 Å². The fourth-order valence-corrected chi connectivity index (χ4v) is 10.1. The van der Waals surface area contributed by atoms with Crippen molar-refractivity contribution in [2.45, 2.75) is 315 Å². The fraction of sp³-hybridized carbons (Fsp3) is 0.859. The number of nitrogens with one attached hydrogen (secondary N) is 1. The molecule has 0 aromatic carbocycles. The SMILES string of the molecule is CCCCCCCCCCC/C=C\C/C=C\CCCCCCCCCCCCCCCCCC(=O)NC(COP(=O)(O)OCC[N+](C)(C)C)C(O)/C=C/CC/C=C/CCCCCCCCCCCCCCCC. The van der Waals surface area contributed by atoms with Crippen LogP contribution < -0.4 is 5.32 Å². The molecule has 0 aromatic heterocycles. The van der Waals surface area contributed by atoms with E-state index in [1.165, 1.54) is 238 Å². The molecule has 3 N–H and O–H groups in total. The van der Waals surface area contributed by atoms with Crippen LogP contribution in [0.3, 0.4) is 0 Å². The number of amides is 1. The van der Waals surface area contributed by atoms with Gasteiger partial charge in [0.25, 0.3) is 0 Å². The van der Waals surface area contributed by atoms with E-state index in [4.69, 9.17) is 9.05 Å². The Kier molecular flexibility index (Phi) is 54.1. The number of allylic oxidation sites excluding steroid dienone is 7. The van der Waals surface area contributed by atoms with E-state index in [1.807, 2.05) is 27.2 Å². The monoisotopic (exact) mass is 1050 g/mol. The molecule has 0 aliphatic heterocycles. The number of unbranched alkanes of at least 4 members (excludes halogenated alkanes) is 39. The Morgan fingerprint density at radius 2 is 0.795 bits per heavy atom. The van der Waals surface area contributed by atoms with Crippen molar-refractivity contribution in [2.75, 3.05) is 40.9 Å². The van der Waals surface area contributed by atoms with Crippen molar-refractivity contribution in [1.82, 2.24) is 5.32 Å². The minimum atomic E-state index is -4.36. The second kappa shape index (κ2) is 55.2. The molecule has 3 unspecified atom stereocenters. The third-order valence-electron chi connectivity index (χ3n) is 14.3. The van der Waals surface area contributed by atoms with E-state index < -0.39 is 20.0 Å². The van der Waals surface area contributed by atoms with Crippen LogP contribution in [-0.4, -0.2) is 73.4 Å². The first-order chi connectivity index (χ1) is 35.5. The molecule has 3 atom stereocenters. The van der Waals surface area contributed by atoms with E-state index in [-0.39, 0.29) is 19.1 Å². The number of quaternary nitrogens is 1. The highest BCUT2D eigenvalue weighted by Crippen LogP contribution is 2.43. The van der Waals surface area contributed by atoms with Gasteiger partial charge < -0.3 is 19.8 Å². The normalized spacial score (nSPS) is 14.1. The van der Waals surface area contributed by atoms with Crippen molar-refractivity contribution >= 4 is 13.7 Å². The van der Waals surface area contributed by atoms with E-state index in [0.29, 0.717) is 17.4 Å². The lowest BCUT2D eigenvalue weighted by atomic mass is 10.0. The first-order valence-electron chi connectivity index (χ1n) is 31.5. The summed E-state index contributed by atoms with van der Waals surface area (Å²) in [6.45, 7) is 4.83. The number of aliphatic hydroxyl groups excluding tert-OH is 1. The van der Waals surface area contributed by atoms with Crippen molar-refractivity contribution in [3.05, 3.63) is 48.6 Å². The number of phosphoric acid groups is 1. The molecule has 0 rings (SSSR count). The van der Waals surface area contributed by atoms with Crippen LogP contribution in [0.25, 0.3) is 0 Å². The van der Waals surface area contributed by atoms with E-state index in [2.05, 4.69) is 55.6 Å². The summed E-state index contributed by atoms with van der Waals surface area (Å²) in [6, 6.07) is -0.864. The summed E-state index contributed by atoms with van der Waals surface area (Å²) in [5.41, 5.74) is 0. The third-order valence-corrected chi connectivity index (χ3v) is 15.3. The number of nitrogens with zero attached hydrogens (tertiary/aromatic N) is 1. The van der Waals surface area contributed by atoms with Crippen molar-refractivity contribution < 1.29 is 32.9 Å². The van der Waals surface area contributed by atoms with Gasteiger partial charge in [-0.15, -0.1) is 0 Å². The maximum atomic E-state index is 13.0. The molecule has 0 aliphatic rings. The maximum Gasteiger partial charge on any atom is 0.472 e. The van der Waals surface area contributed by atoms with Gasteiger partial charge >= 0.3 is 7.82 Å². The average molecular weight is 1050 g/mol. The van der Waals surface area contributed by atoms with E-state index in [1.54, 1.807) is 6.08 Å². The Morgan fingerprint density at radius 1 is 0.466 bits per heavy atom. The molecule has 430 valence electrons. The predicted molar refractivity (Wildman–Crippen MR) is 318 cm³/mol. The van der Waals surface area contributed by atoms with Gasteiger partial charge in [0.05, 0.1) is 39.9 Å². The molecule has 0 radical (unpaired) electrons. The summed E-state index contributed by atoms with van der Waals surface area (Å²) in [6.07, 6.45) is 73.8. The molecule has 73 heavy (non-hydrogen) atoms. The summed E-state index contributed by atoms with van der Waals surface area (Å²) in [4.78, 5) is 23.3. The molecule has 0 saturated carbocycles. The minimum Gasteiger partial charge on any atom is -0.387 e. The van der Waals surface area contributed by atoms with Gasteiger partial charge in [-0.3, -0.25) is 13.8 Å². The number of carbonyl (C=O) groups excluding carboxylic acids is 1. The van der Waals surface area contributed by atoms with Crippen LogP contribution >= 0.6 is 7.82 Å². The van der Waals surface area contributed by atoms with Crippen molar-refractivity contribution in [1.29, 1.82) is 0 Å². The molecule has 0 heterocycles. The summed E-state index contributed by atoms with van der Waals surface area (Å²) in [7, 11) is 1.56. The fourth-order valence-electron chi connectivity index (χ4n) is 9.33. The molecule has 0 spiro atoms. The highest BCUT2D eigenvalue weighted by molar-refractivity contribution is 7.47. The Morgan fingerprint density at radius 3 is 1.18 bits per heavy atom.